The van der Waals surface area contributed by atoms with Crippen LogP contribution in [0.4, 0.5) is 14.9 Å². The fourth-order valence-electron chi connectivity index (χ4n) is 3.75. The second-order valence-electron chi connectivity index (χ2n) is 8.37. The number of benzene rings is 2. The summed E-state index contributed by atoms with van der Waals surface area (Å²) in [5.74, 6) is -1.04. The molecule has 3 N–H and O–H groups in total. The number of nitrogens with one attached hydrogen (secondary N) is 1. The molecule has 3 aromatic rings. The van der Waals surface area contributed by atoms with E-state index in [1.54, 1.807) is 60.9 Å². The van der Waals surface area contributed by atoms with Crippen LogP contribution in [0.5, 0.6) is 0 Å². The number of carbonyl (C=O) groups is 3. The molecule has 0 spiro atoms. The number of hydrogen-bond donors (Lipinski definition) is 2. The molecule has 1 saturated heterocycles. The topological polar surface area (TPSA) is 115 Å². The first-order chi connectivity index (χ1) is 17.3. The van der Waals surface area contributed by atoms with Crippen molar-refractivity contribution in [1.29, 1.82) is 0 Å². The van der Waals surface area contributed by atoms with Crippen LogP contribution in [-0.2, 0) is 20.9 Å². The maximum Gasteiger partial charge on any atom is 0.414 e. The maximum atomic E-state index is 15.0. The van der Waals surface area contributed by atoms with Crippen molar-refractivity contribution in [1.82, 2.24) is 10.3 Å². The van der Waals surface area contributed by atoms with Gasteiger partial charge in [0, 0.05) is 30.6 Å². The van der Waals surface area contributed by atoms with Crippen molar-refractivity contribution in [3.8, 4) is 11.1 Å². The quantitative estimate of drug-likeness (QED) is 0.470. The lowest BCUT2D eigenvalue weighted by Crippen LogP contribution is -2.43. The van der Waals surface area contributed by atoms with Crippen molar-refractivity contribution in [3.63, 3.8) is 0 Å². The number of Topliss-reactive ketones (excluding diaryl/α,β-unsaturated/α-hetero) is 1. The Balaban J connectivity index is 1.37. The van der Waals surface area contributed by atoms with E-state index in [1.807, 2.05) is 6.07 Å². The molecule has 1 aromatic heterocycles. The first-order valence-corrected chi connectivity index (χ1v) is 11.3. The molecule has 36 heavy (non-hydrogen) atoms. The molecule has 2 amide bonds. The predicted octanol–water partition coefficient (Wildman–Crippen LogP) is 3.46. The zero-order valence-corrected chi connectivity index (χ0v) is 19.6. The van der Waals surface area contributed by atoms with E-state index in [0.717, 1.165) is 11.1 Å². The Morgan fingerprint density at radius 3 is 2.69 bits per heavy atom. The molecule has 184 valence electrons. The average molecular weight is 489 g/mol. The molecule has 8 nitrogen and oxygen atoms in total. The van der Waals surface area contributed by atoms with Gasteiger partial charge in [-0.25, -0.2) is 9.18 Å². The van der Waals surface area contributed by atoms with Gasteiger partial charge in [-0.1, -0.05) is 30.3 Å². The van der Waals surface area contributed by atoms with Gasteiger partial charge >= 0.3 is 6.09 Å². The first kappa shape index (κ1) is 24.7. The van der Waals surface area contributed by atoms with Gasteiger partial charge in [0.1, 0.15) is 23.7 Å². The van der Waals surface area contributed by atoms with Gasteiger partial charge in [0.25, 0.3) is 0 Å². The van der Waals surface area contributed by atoms with E-state index < -0.39 is 24.1 Å². The first-order valence-electron chi connectivity index (χ1n) is 11.3. The van der Waals surface area contributed by atoms with Gasteiger partial charge in [0.2, 0.25) is 5.91 Å². The van der Waals surface area contributed by atoms with Crippen LogP contribution in [0.2, 0.25) is 0 Å². The van der Waals surface area contributed by atoms with Crippen LogP contribution >= 0.6 is 0 Å². The Morgan fingerprint density at radius 2 is 2.03 bits per heavy atom. The van der Waals surface area contributed by atoms with Crippen molar-refractivity contribution in [3.05, 3.63) is 90.0 Å². The summed E-state index contributed by atoms with van der Waals surface area (Å²) in [6.45, 7) is 1.71. The normalized spacial score (nSPS) is 16.1. The molecular weight excluding hydrogens is 463 g/mol. The number of nitrogens with two attached hydrogens (primary N) is 1. The van der Waals surface area contributed by atoms with Gasteiger partial charge in [-0.15, -0.1) is 0 Å². The largest absolute Gasteiger partial charge is 0.442 e. The molecule has 9 heteroatoms. The van der Waals surface area contributed by atoms with E-state index in [2.05, 4.69) is 10.3 Å². The summed E-state index contributed by atoms with van der Waals surface area (Å²) < 4.78 is 20.1. The molecule has 2 heterocycles. The van der Waals surface area contributed by atoms with Gasteiger partial charge < -0.3 is 15.8 Å². The van der Waals surface area contributed by atoms with Crippen LogP contribution < -0.4 is 16.0 Å². The van der Waals surface area contributed by atoms with Gasteiger partial charge in [0.05, 0.1) is 12.2 Å². The summed E-state index contributed by atoms with van der Waals surface area (Å²) in [5.41, 5.74) is 8.79. The van der Waals surface area contributed by atoms with Crippen LogP contribution in [0, 0.1) is 5.82 Å². The molecule has 1 aliphatic rings. The highest BCUT2D eigenvalue weighted by Gasteiger charge is 2.37. The summed E-state index contributed by atoms with van der Waals surface area (Å²) in [7, 11) is 0. The van der Waals surface area contributed by atoms with Gasteiger partial charge in [-0.2, -0.15) is 0 Å². The molecule has 2 aromatic carbocycles. The minimum atomic E-state index is -0.927. The molecule has 2 atom stereocenters. The Kier molecular flexibility index (Phi) is 7.50. The summed E-state index contributed by atoms with van der Waals surface area (Å²) in [4.78, 5) is 41.0. The van der Waals surface area contributed by atoms with E-state index in [4.69, 9.17) is 10.5 Å². The number of halogens is 1. The monoisotopic (exact) mass is 488 g/mol. The number of anilines is 1. The smallest absolute Gasteiger partial charge is 0.414 e. The Bertz CT molecular complexity index is 1290. The highest BCUT2D eigenvalue weighted by Crippen LogP contribution is 2.29. The molecule has 0 saturated carbocycles. The zero-order chi connectivity index (χ0) is 25.7. The van der Waals surface area contributed by atoms with Crippen LogP contribution in [0.3, 0.4) is 0 Å². The third-order valence-electron chi connectivity index (χ3n) is 5.81. The number of rotatable bonds is 8. The minimum Gasteiger partial charge on any atom is -0.442 e. The molecule has 0 aliphatic carbocycles. The van der Waals surface area contributed by atoms with Crippen LogP contribution in [0.15, 0.2) is 73.1 Å². The van der Waals surface area contributed by atoms with E-state index in [9.17, 15) is 18.8 Å². The third kappa shape index (κ3) is 5.81. The molecule has 4 rings (SSSR count). The van der Waals surface area contributed by atoms with Crippen molar-refractivity contribution in [2.24, 2.45) is 5.73 Å². The Morgan fingerprint density at radius 1 is 1.25 bits per heavy atom. The molecule has 1 aliphatic heterocycles. The van der Waals surface area contributed by atoms with E-state index in [-0.39, 0.29) is 18.2 Å². The Labute approximate surface area is 207 Å². The number of ether oxygens (including phenoxy) is 1. The van der Waals surface area contributed by atoms with E-state index >= 15 is 0 Å². The van der Waals surface area contributed by atoms with Gasteiger partial charge in [-0.05, 0) is 54.0 Å². The number of aromatic nitrogens is 1. The number of pyridine rings is 1. The zero-order valence-electron chi connectivity index (χ0n) is 19.6. The molecule has 0 radical (unpaired) electrons. The number of cyclic esters (lactones) is 1. The van der Waals surface area contributed by atoms with Crippen molar-refractivity contribution in [2.75, 3.05) is 11.4 Å². The van der Waals surface area contributed by atoms with Crippen LogP contribution in [0.1, 0.15) is 18.1 Å². The second-order valence-corrected chi connectivity index (χ2v) is 8.37. The highest BCUT2D eigenvalue weighted by atomic mass is 19.1. The fraction of sp³-hybridized carbons (Fsp3) is 0.185. The lowest BCUT2D eigenvalue weighted by Gasteiger charge is -2.16. The maximum absolute atomic E-state index is 15.0. The predicted molar refractivity (Wildman–Crippen MR) is 133 cm³/mol. The minimum absolute atomic E-state index is 0.0657. The SMILES string of the molecule is CC(=O)[C@@H](N)C1CN(c2ccc(-c3ccc(CNC(=O)/C=C/c4cccnc4)cc3)c(F)c2)C(=O)O1. The summed E-state index contributed by atoms with van der Waals surface area (Å²) in [6.07, 6.45) is 4.98. The van der Waals surface area contributed by atoms with E-state index in [0.29, 0.717) is 23.4 Å². The van der Waals surface area contributed by atoms with Crippen LogP contribution in [0.25, 0.3) is 17.2 Å². The Hall–Kier alpha value is -4.37. The fourth-order valence-corrected chi connectivity index (χ4v) is 3.75. The summed E-state index contributed by atoms with van der Waals surface area (Å²) in [6, 6.07) is 14.3. The number of amides is 2. The van der Waals surface area contributed by atoms with Crippen molar-refractivity contribution < 1.29 is 23.5 Å². The van der Waals surface area contributed by atoms with Gasteiger partial charge in [0.15, 0.2) is 0 Å². The highest BCUT2D eigenvalue weighted by molar-refractivity contribution is 5.92. The molecule has 1 fully saturated rings. The standard InChI is InChI=1S/C27H25FN4O4/c1-17(33)26(29)24-16-32(27(35)36-24)21-9-10-22(23(28)13-21)20-7-4-19(5-8-20)15-31-25(34)11-6-18-3-2-12-30-14-18/h2-14,24,26H,15-16,29H2,1H3,(H,31,34)/b11-6+/t24?,26-/m1/s1. The van der Waals surface area contributed by atoms with E-state index in [1.165, 1.54) is 24.0 Å². The third-order valence-corrected chi connectivity index (χ3v) is 5.81. The lowest BCUT2D eigenvalue weighted by atomic mass is 10.0. The van der Waals surface area contributed by atoms with Crippen LogP contribution in [-0.4, -0.2) is 41.5 Å². The molecule has 0 bridgehead atoms. The summed E-state index contributed by atoms with van der Waals surface area (Å²) in [5, 5.41) is 2.80. The van der Waals surface area contributed by atoms with Crippen molar-refractivity contribution >= 4 is 29.5 Å². The van der Waals surface area contributed by atoms with Crippen molar-refractivity contribution in [2.45, 2.75) is 25.6 Å². The molecular formula is C27H25FN4O4. The van der Waals surface area contributed by atoms with Gasteiger partial charge in [-0.3, -0.25) is 19.5 Å². The number of nitrogens with zero attached hydrogens (tertiary/aromatic N) is 2. The number of ketones is 1. The summed E-state index contributed by atoms with van der Waals surface area (Å²) >= 11 is 0. The second kappa shape index (κ2) is 10.9. The average Bonchev–Trinajstić information content (AvgIpc) is 3.28. The molecule has 1 unspecified atom stereocenters. The lowest BCUT2D eigenvalue weighted by molar-refractivity contribution is -0.120. The number of carbonyl (C=O) groups excluding carboxylic acids is 3. The number of hydrogen-bond acceptors (Lipinski definition) is 6.